The Kier molecular flexibility index (Phi) is 7.72. The summed E-state index contributed by atoms with van der Waals surface area (Å²) in [5.41, 5.74) is 4.06. The number of allylic oxidation sites excluding steroid dienone is 2. The van der Waals surface area contributed by atoms with Crippen LogP contribution in [0.15, 0.2) is 102 Å². The number of fused-ring (bicyclic) bond motifs is 3. The van der Waals surface area contributed by atoms with Crippen LogP contribution in [-0.4, -0.2) is 20.5 Å². The van der Waals surface area contributed by atoms with Crippen molar-refractivity contribution >= 4 is 38.7 Å². The molecule has 9 nitrogen and oxygen atoms in total. The highest BCUT2D eigenvalue weighted by Gasteiger charge is 2.38. The highest BCUT2D eigenvalue weighted by atomic mass is 35.5. The van der Waals surface area contributed by atoms with Gasteiger partial charge in [-0.05, 0) is 89.7 Å². The Labute approximate surface area is 254 Å². The molecular weight excluding hydrogens is 590 g/mol. The second kappa shape index (κ2) is 11.6. The van der Waals surface area contributed by atoms with E-state index in [1.807, 2.05) is 30.3 Å². The van der Waals surface area contributed by atoms with Gasteiger partial charge in [-0.25, -0.2) is 8.42 Å². The highest BCUT2D eigenvalue weighted by Crippen LogP contribution is 2.50. The van der Waals surface area contributed by atoms with E-state index in [1.165, 1.54) is 25.3 Å². The first-order chi connectivity index (χ1) is 20.7. The fraction of sp³-hybridized carbons (Fsp3) is 0.188. The minimum Gasteiger partial charge on any atom is -0.495 e. The monoisotopic (exact) mass is 617 g/mol. The van der Waals surface area contributed by atoms with Gasteiger partial charge in [-0.3, -0.25) is 14.8 Å². The Morgan fingerprint density at radius 2 is 1.79 bits per heavy atom. The number of benzene rings is 4. The minimum atomic E-state index is -3.91. The molecule has 3 atom stereocenters. The second-order valence-electron chi connectivity index (χ2n) is 10.5. The lowest BCUT2D eigenvalue weighted by Gasteiger charge is -2.37. The standard InChI is InChI=1S/C32H28ClN3O6S/c1-41-31-16-9-22(33)17-30(31)35-43(39,40)25-14-15-29-28(18-25)26-3-2-4-27(26)32(34-29)21-7-12-24(13-8-21)42-19-20-5-10-23(11-6-20)36(37)38/h2-3,5-18,26-27,32,34-35H,4,19H2,1H3/t26-,27+,32+/m0/s1. The summed E-state index contributed by atoms with van der Waals surface area (Å²) < 4.78 is 40.6. The molecule has 4 aromatic carbocycles. The van der Waals surface area contributed by atoms with Gasteiger partial charge in [-0.1, -0.05) is 35.9 Å². The first-order valence-corrected chi connectivity index (χ1v) is 15.5. The van der Waals surface area contributed by atoms with Crippen LogP contribution in [0.3, 0.4) is 0 Å². The summed E-state index contributed by atoms with van der Waals surface area (Å²) in [6.45, 7) is 0.297. The van der Waals surface area contributed by atoms with Crippen LogP contribution in [0.4, 0.5) is 17.1 Å². The van der Waals surface area contributed by atoms with Gasteiger partial charge in [0.1, 0.15) is 18.1 Å². The Bertz CT molecular complexity index is 1810. The highest BCUT2D eigenvalue weighted by molar-refractivity contribution is 7.92. The van der Waals surface area contributed by atoms with Crippen molar-refractivity contribution in [2.24, 2.45) is 5.92 Å². The Hall–Kier alpha value is -4.54. The summed E-state index contributed by atoms with van der Waals surface area (Å²) >= 11 is 6.10. The molecule has 0 radical (unpaired) electrons. The molecule has 1 aliphatic carbocycles. The van der Waals surface area contributed by atoms with E-state index in [-0.39, 0.29) is 34.1 Å². The normalized spacial score (nSPS) is 18.7. The molecule has 1 aliphatic heterocycles. The number of hydrogen-bond donors (Lipinski definition) is 2. The number of nitrogens with zero attached hydrogens (tertiary/aromatic N) is 1. The molecular formula is C32H28ClN3O6S. The van der Waals surface area contributed by atoms with E-state index < -0.39 is 14.9 Å². The van der Waals surface area contributed by atoms with Crippen LogP contribution in [0.2, 0.25) is 5.02 Å². The summed E-state index contributed by atoms with van der Waals surface area (Å²) in [5, 5.41) is 14.9. The van der Waals surface area contributed by atoms with E-state index >= 15 is 0 Å². The largest absolute Gasteiger partial charge is 0.495 e. The number of non-ortho nitro benzene ring substituents is 1. The van der Waals surface area contributed by atoms with Crippen molar-refractivity contribution in [3.8, 4) is 11.5 Å². The quantitative estimate of drug-likeness (QED) is 0.114. The van der Waals surface area contributed by atoms with E-state index in [0.29, 0.717) is 23.1 Å². The van der Waals surface area contributed by atoms with Crippen LogP contribution in [0.5, 0.6) is 11.5 Å². The van der Waals surface area contributed by atoms with Gasteiger partial charge in [-0.15, -0.1) is 0 Å². The molecule has 0 unspecified atom stereocenters. The van der Waals surface area contributed by atoms with E-state index in [0.717, 1.165) is 28.8 Å². The maximum Gasteiger partial charge on any atom is 0.269 e. The van der Waals surface area contributed by atoms with Gasteiger partial charge in [0.05, 0.1) is 28.7 Å². The summed E-state index contributed by atoms with van der Waals surface area (Å²) in [6, 6.07) is 24.1. The average Bonchev–Trinajstić information content (AvgIpc) is 3.50. The summed E-state index contributed by atoms with van der Waals surface area (Å²) in [5.74, 6) is 1.32. The number of rotatable bonds is 9. The molecule has 0 spiro atoms. The van der Waals surface area contributed by atoms with E-state index in [4.69, 9.17) is 21.1 Å². The third kappa shape index (κ3) is 5.89. The molecule has 0 saturated carbocycles. The zero-order valence-corrected chi connectivity index (χ0v) is 24.6. The van der Waals surface area contributed by atoms with Gasteiger partial charge in [0.15, 0.2) is 0 Å². The second-order valence-corrected chi connectivity index (χ2v) is 12.6. The molecule has 2 aliphatic rings. The van der Waals surface area contributed by atoms with Crippen molar-refractivity contribution in [1.82, 2.24) is 0 Å². The van der Waals surface area contributed by atoms with Crippen LogP contribution in [0, 0.1) is 16.0 Å². The van der Waals surface area contributed by atoms with Gasteiger partial charge in [0, 0.05) is 28.8 Å². The molecule has 0 fully saturated rings. The van der Waals surface area contributed by atoms with Gasteiger partial charge < -0.3 is 14.8 Å². The molecule has 4 aromatic rings. The van der Waals surface area contributed by atoms with Crippen molar-refractivity contribution in [2.75, 3.05) is 17.1 Å². The van der Waals surface area contributed by atoms with Gasteiger partial charge in [0.2, 0.25) is 0 Å². The third-order valence-corrected chi connectivity index (χ3v) is 9.44. The molecule has 0 saturated heterocycles. The van der Waals surface area contributed by atoms with Crippen molar-refractivity contribution < 1.29 is 22.8 Å². The lowest BCUT2D eigenvalue weighted by atomic mass is 9.77. The summed E-state index contributed by atoms with van der Waals surface area (Å²) in [4.78, 5) is 10.6. The van der Waals surface area contributed by atoms with Crippen molar-refractivity contribution in [1.29, 1.82) is 0 Å². The Morgan fingerprint density at radius 1 is 1.02 bits per heavy atom. The maximum absolute atomic E-state index is 13.4. The predicted molar refractivity (Wildman–Crippen MR) is 165 cm³/mol. The van der Waals surface area contributed by atoms with Gasteiger partial charge >= 0.3 is 0 Å². The van der Waals surface area contributed by atoms with Crippen LogP contribution in [0.1, 0.15) is 35.1 Å². The number of halogens is 1. The van der Waals surface area contributed by atoms with Crippen LogP contribution in [-0.2, 0) is 16.6 Å². The van der Waals surface area contributed by atoms with Crippen LogP contribution in [0.25, 0.3) is 0 Å². The maximum atomic E-state index is 13.4. The fourth-order valence-electron chi connectivity index (χ4n) is 5.69. The molecule has 0 aromatic heterocycles. The number of hydrogen-bond acceptors (Lipinski definition) is 7. The fourth-order valence-corrected chi connectivity index (χ4v) is 6.95. The lowest BCUT2D eigenvalue weighted by Crippen LogP contribution is -2.29. The van der Waals surface area contributed by atoms with E-state index in [9.17, 15) is 18.5 Å². The van der Waals surface area contributed by atoms with Crippen molar-refractivity contribution in [3.05, 3.63) is 129 Å². The predicted octanol–water partition coefficient (Wildman–Crippen LogP) is 7.46. The number of methoxy groups -OCH3 is 1. The molecule has 11 heteroatoms. The molecule has 0 amide bonds. The topological polar surface area (TPSA) is 120 Å². The first-order valence-electron chi connectivity index (χ1n) is 13.6. The Morgan fingerprint density at radius 3 is 2.51 bits per heavy atom. The SMILES string of the molecule is COc1ccc(Cl)cc1NS(=O)(=O)c1ccc2c(c1)[C@H]1C=CC[C@H]1[C@@H](c1ccc(OCc3ccc([N+](=O)[O-])cc3)cc1)N2. The summed E-state index contributed by atoms with van der Waals surface area (Å²) in [7, 11) is -2.44. The number of nitrogens with one attached hydrogen (secondary N) is 2. The molecule has 2 N–H and O–H groups in total. The molecule has 43 heavy (non-hydrogen) atoms. The number of anilines is 2. The molecule has 1 heterocycles. The zero-order valence-electron chi connectivity index (χ0n) is 23.1. The van der Waals surface area contributed by atoms with Crippen LogP contribution >= 0.6 is 11.6 Å². The first kappa shape index (κ1) is 28.6. The number of nitro benzene ring substituents is 1. The van der Waals surface area contributed by atoms with Gasteiger partial charge in [-0.2, -0.15) is 0 Å². The molecule has 6 rings (SSSR count). The average molecular weight is 618 g/mol. The van der Waals surface area contributed by atoms with Crippen LogP contribution < -0.4 is 19.5 Å². The molecule has 220 valence electrons. The third-order valence-electron chi connectivity index (χ3n) is 7.84. The van der Waals surface area contributed by atoms with Gasteiger partial charge in [0.25, 0.3) is 15.7 Å². The minimum absolute atomic E-state index is 0.0209. The number of ether oxygens (including phenoxy) is 2. The zero-order chi connectivity index (χ0) is 30.1. The Balaban J connectivity index is 1.19. The summed E-state index contributed by atoms with van der Waals surface area (Å²) in [6.07, 6.45) is 5.16. The molecule has 0 bridgehead atoms. The van der Waals surface area contributed by atoms with Crippen molar-refractivity contribution in [3.63, 3.8) is 0 Å². The number of sulfonamides is 1. The smallest absolute Gasteiger partial charge is 0.269 e. The van der Waals surface area contributed by atoms with E-state index in [2.05, 4.69) is 22.2 Å². The van der Waals surface area contributed by atoms with E-state index in [1.54, 1.807) is 36.4 Å². The number of nitro groups is 1. The lowest BCUT2D eigenvalue weighted by molar-refractivity contribution is -0.384. The van der Waals surface area contributed by atoms with Crippen molar-refractivity contribution in [2.45, 2.75) is 29.9 Å².